The largest absolute Gasteiger partial charge is 0.456 e. The second-order valence-corrected chi connectivity index (χ2v) is 11.1. The van der Waals surface area contributed by atoms with Gasteiger partial charge in [-0.15, -0.1) is 0 Å². The molecule has 8 aromatic rings. The zero-order valence-electron chi connectivity index (χ0n) is 22.9. The van der Waals surface area contributed by atoms with E-state index in [1.807, 2.05) is 36.4 Å². The Labute approximate surface area is 246 Å². The quantitative estimate of drug-likeness (QED) is 0.204. The van der Waals surface area contributed by atoms with Crippen molar-refractivity contribution in [1.82, 2.24) is 14.5 Å². The SMILES string of the molecule is c1ccc2c(c1)Oc1cccc3nc(N4c5ccccc5-c5cc6ccccc6cc5-n5c4cc4ccccc45)nc-2c13. The van der Waals surface area contributed by atoms with Gasteiger partial charge in [0.1, 0.15) is 17.3 Å². The molecule has 43 heavy (non-hydrogen) atoms. The van der Waals surface area contributed by atoms with Crippen LogP contribution in [-0.2, 0) is 0 Å². The molecule has 0 atom stereocenters. The lowest BCUT2D eigenvalue weighted by Gasteiger charge is -2.26. The molecule has 0 bridgehead atoms. The molecule has 200 valence electrons. The van der Waals surface area contributed by atoms with Gasteiger partial charge in [-0.25, -0.2) is 9.97 Å². The molecule has 0 spiro atoms. The number of para-hydroxylation sites is 3. The fourth-order valence-electron chi connectivity index (χ4n) is 6.81. The van der Waals surface area contributed by atoms with Crippen LogP contribution in [0.3, 0.4) is 0 Å². The maximum atomic E-state index is 6.29. The number of hydrogen-bond acceptors (Lipinski definition) is 4. The first-order valence-corrected chi connectivity index (χ1v) is 14.4. The number of nitrogens with zero attached hydrogens (tertiary/aromatic N) is 4. The number of fused-ring (bicyclic) bond motifs is 10. The fourth-order valence-corrected chi connectivity index (χ4v) is 6.81. The van der Waals surface area contributed by atoms with Gasteiger partial charge in [-0.2, -0.15) is 0 Å². The van der Waals surface area contributed by atoms with Crippen molar-refractivity contribution in [3.8, 4) is 39.6 Å². The van der Waals surface area contributed by atoms with Gasteiger partial charge in [-0.05, 0) is 65.4 Å². The first-order valence-electron chi connectivity index (χ1n) is 14.4. The molecule has 2 aromatic heterocycles. The number of rotatable bonds is 1. The van der Waals surface area contributed by atoms with Gasteiger partial charge in [0.2, 0.25) is 5.95 Å². The molecule has 0 saturated heterocycles. The summed E-state index contributed by atoms with van der Waals surface area (Å²) in [6.07, 6.45) is 0. The molecular weight excluding hydrogens is 528 g/mol. The first-order chi connectivity index (χ1) is 21.3. The molecule has 0 fully saturated rings. The molecule has 4 heterocycles. The molecule has 0 amide bonds. The van der Waals surface area contributed by atoms with Crippen LogP contribution in [-0.4, -0.2) is 14.5 Å². The van der Waals surface area contributed by atoms with E-state index in [9.17, 15) is 0 Å². The lowest BCUT2D eigenvalue weighted by molar-refractivity contribution is 0.486. The highest BCUT2D eigenvalue weighted by molar-refractivity contribution is 6.04. The molecule has 10 rings (SSSR count). The Morgan fingerprint density at radius 2 is 1.23 bits per heavy atom. The molecule has 5 nitrogen and oxygen atoms in total. The van der Waals surface area contributed by atoms with Crippen molar-refractivity contribution in [3.05, 3.63) is 133 Å². The second-order valence-electron chi connectivity index (χ2n) is 11.1. The van der Waals surface area contributed by atoms with E-state index < -0.39 is 0 Å². The Bertz CT molecular complexity index is 2460. The van der Waals surface area contributed by atoms with Gasteiger partial charge >= 0.3 is 0 Å². The van der Waals surface area contributed by atoms with Gasteiger partial charge in [-0.3, -0.25) is 9.47 Å². The molecule has 5 heteroatoms. The molecule has 0 aliphatic carbocycles. The topological polar surface area (TPSA) is 43.2 Å². The summed E-state index contributed by atoms with van der Waals surface area (Å²) < 4.78 is 8.65. The van der Waals surface area contributed by atoms with Gasteiger partial charge < -0.3 is 4.74 Å². The highest BCUT2D eigenvalue weighted by Crippen LogP contribution is 2.51. The van der Waals surface area contributed by atoms with E-state index in [0.29, 0.717) is 5.95 Å². The van der Waals surface area contributed by atoms with Crippen LogP contribution in [0.4, 0.5) is 17.5 Å². The van der Waals surface area contributed by atoms with E-state index in [1.54, 1.807) is 0 Å². The third-order valence-corrected chi connectivity index (χ3v) is 8.70. The van der Waals surface area contributed by atoms with Gasteiger partial charge in [0, 0.05) is 22.1 Å². The van der Waals surface area contributed by atoms with E-state index in [0.717, 1.165) is 67.3 Å². The summed E-state index contributed by atoms with van der Waals surface area (Å²) in [6.45, 7) is 0. The number of ether oxygens (including phenoxy) is 1. The fraction of sp³-hybridized carbons (Fsp3) is 0. The number of hydrogen-bond donors (Lipinski definition) is 0. The highest BCUT2D eigenvalue weighted by atomic mass is 16.5. The van der Waals surface area contributed by atoms with Crippen LogP contribution in [0.15, 0.2) is 133 Å². The van der Waals surface area contributed by atoms with E-state index in [-0.39, 0.29) is 0 Å². The van der Waals surface area contributed by atoms with Crippen LogP contribution in [0.5, 0.6) is 11.5 Å². The molecule has 0 N–H and O–H groups in total. The molecule has 0 saturated carbocycles. The van der Waals surface area contributed by atoms with E-state index in [4.69, 9.17) is 14.7 Å². The van der Waals surface area contributed by atoms with Crippen LogP contribution in [0, 0.1) is 0 Å². The van der Waals surface area contributed by atoms with Crippen LogP contribution in [0.1, 0.15) is 0 Å². The summed E-state index contributed by atoms with van der Waals surface area (Å²) in [5, 5.41) is 4.50. The van der Waals surface area contributed by atoms with Crippen molar-refractivity contribution in [1.29, 1.82) is 0 Å². The third kappa shape index (κ3) is 3.11. The average Bonchev–Trinajstić information content (AvgIpc) is 3.38. The van der Waals surface area contributed by atoms with Crippen molar-refractivity contribution in [2.45, 2.75) is 0 Å². The number of benzene rings is 6. The first kappa shape index (κ1) is 22.7. The lowest BCUT2D eigenvalue weighted by Crippen LogP contribution is -2.17. The van der Waals surface area contributed by atoms with Crippen LogP contribution < -0.4 is 9.64 Å². The summed E-state index contributed by atoms with van der Waals surface area (Å²) in [5.74, 6) is 3.19. The summed E-state index contributed by atoms with van der Waals surface area (Å²) in [5.41, 5.74) is 8.29. The molecule has 2 aliphatic rings. The summed E-state index contributed by atoms with van der Waals surface area (Å²) >= 11 is 0. The van der Waals surface area contributed by atoms with Gasteiger partial charge in [0.05, 0.1) is 33.5 Å². The van der Waals surface area contributed by atoms with E-state index in [2.05, 4.69) is 107 Å². The molecule has 0 unspecified atom stereocenters. The van der Waals surface area contributed by atoms with Crippen molar-refractivity contribution < 1.29 is 4.74 Å². The second kappa shape index (κ2) is 8.30. The minimum atomic E-state index is 0.616. The Morgan fingerprint density at radius 1 is 0.512 bits per heavy atom. The normalized spacial score (nSPS) is 12.8. The predicted molar refractivity (Wildman–Crippen MR) is 173 cm³/mol. The lowest BCUT2D eigenvalue weighted by atomic mass is 9.97. The van der Waals surface area contributed by atoms with Crippen LogP contribution in [0.25, 0.3) is 60.6 Å². The van der Waals surface area contributed by atoms with E-state index >= 15 is 0 Å². The van der Waals surface area contributed by atoms with E-state index in [1.165, 1.54) is 16.3 Å². The van der Waals surface area contributed by atoms with Crippen LogP contribution in [0.2, 0.25) is 0 Å². The summed E-state index contributed by atoms with van der Waals surface area (Å²) in [4.78, 5) is 12.8. The summed E-state index contributed by atoms with van der Waals surface area (Å²) in [6, 6.07) is 46.7. The Morgan fingerprint density at radius 3 is 2.14 bits per heavy atom. The van der Waals surface area contributed by atoms with Crippen molar-refractivity contribution in [3.63, 3.8) is 0 Å². The third-order valence-electron chi connectivity index (χ3n) is 8.70. The van der Waals surface area contributed by atoms with Gasteiger partial charge in [0.15, 0.2) is 0 Å². The zero-order chi connectivity index (χ0) is 28.1. The summed E-state index contributed by atoms with van der Waals surface area (Å²) in [7, 11) is 0. The monoisotopic (exact) mass is 550 g/mol. The average molecular weight is 551 g/mol. The molecule has 2 aliphatic heterocycles. The predicted octanol–water partition coefficient (Wildman–Crippen LogP) is 9.95. The minimum absolute atomic E-state index is 0.616. The highest BCUT2D eigenvalue weighted by Gasteiger charge is 2.31. The number of anilines is 3. The standard InChI is InChI=1S/C38H22N4O/c1-2-11-24-21-32-28(20-23(24)10-1)26-13-4-7-17-31(26)42(35-22-25-12-3-6-16-30(25)41(32)35)38-39-29-15-9-19-34-36(29)37(40-38)27-14-5-8-18-33(27)43-34/h1-22H. The van der Waals surface area contributed by atoms with Gasteiger partial charge in [-0.1, -0.05) is 78.9 Å². The Balaban J connectivity index is 1.35. The number of aromatic nitrogens is 3. The smallest absolute Gasteiger partial charge is 0.236 e. The zero-order valence-corrected chi connectivity index (χ0v) is 22.9. The maximum absolute atomic E-state index is 6.29. The van der Waals surface area contributed by atoms with Crippen LogP contribution >= 0.6 is 0 Å². The van der Waals surface area contributed by atoms with Crippen molar-refractivity contribution >= 4 is 50.0 Å². The molecule has 0 radical (unpaired) electrons. The maximum Gasteiger partial charge on any atom is 0.236 e. The van der Waals surface area contributed by atoms with Gasteiger partial charge in [0.25, 0.3) is 0 Å². The molecular formula is C38H22N4O. The Hall–Kier alpha value is -5.94. The molecule has 6 aromatic carbocycles. The van der Waals surface area contributed by atoms with Crippen molar-refractivity contribution in [2.24, 2.45) is 0 Å². The minimum Gasteiger partial charge on any atom is -0.456 e. The van der Waals surface area contributed by atoms with Crippen molar-refractivity contribution in [2.75, 3.05) is 4.90 Å². The Kier molecular flexibility index (Phi) is 4.39.